The van der Waals surface area contributed by atoms with Gasteiger partial charge in [-0.05, 0) is 40.3 Å². The average Bonchev–Trinajstić information content (AvgIpc) is 2.76. The van der Waals surface area contributed by atoms with E-state index in [0.29, 0.717) is 6.04 Å². The van der Waals surface area contributed by atoms with Crippen LogP contribution >= 0.6 is 0 Å². The van der Waals surface area contributed by atoms with Crippen LogP contribution in [-0.4, -0.2) is 60.1 Å². The lowest BCUT2D eigenvalue weighted by Crippen LogP contribution is -2.40. The molecule has 1 rings (SSSR count). The number of likely N-dealkylation sites (tertiary alicyclic amines) is 1. The van der Waals surface area contributed by atoms with Crippen molar-refractivity contribution >= 4 is 5.91 Å². The smallest absolute Gasteiger partial charge is 0.248 e. The minimum Gasteiger partial charge on any atom is -0.366 e. The van der Waals surface area contributed by atoms with Crippen molar-refractivity contribution in [2.24, 2.45) is 0 Å². The van der Waals surface area contributed by atoms with Crippen LogP contribution in [0.1, 0.15) is 41.0 Å². The molecule has 0 aromatic carbocycles. The summed E-state index contributed by atoms with van der Waals surface area (Å²) in [5.41, 5.74) is -0.242. The summed E-state index contributed by atoms with van der Waals surface area (Å²) in [5, 5.41) is 0. The zero-order valence-electron chi connectivity index (χ0n) is 12.5. The molecule has 1 heterocycles. The van der Waals surface area contributed by atoms with Crippen molar-refractivity contribution in [1.82, 2.24) is 9.80 Å². The molecular formula is C14H28N2O2. The second-order valence-corrected chi connectivity index (χ2v) is 5.90. The molecule has 1 atom stereocenters. The molecule has 0 spiro atoms. The number of hydrogen-bond acceptors (Lipinski definition) is 3. The van der Waals surface area contributed by atoms with Crippen LogP contribution in [0.15, 0.2) is 0 Å². The fourth-order valence-electron chi connectivity index (χ4n) is 2.38. The van der Waals surface area contributed by atoms with Gasteiger partial charge in [0.05, 0.1) is 5.60 Å². The maximum atomic E-state index is 12.0. The highest BCUT2D eigenvalue weighted by Gasteiger charge is 2.29. The minimum absolute atomic E-state index is 0.125. The van der Waals surface area contributed by atoms with Gasteiger partial charge in [-0.25, -0.2) is 0 Å². The van der Waals surface area contributed by atoms with Gasteiger partial charge in [0.1, 0.15) is 6.61 Å². The summed E-state index contributed by atoms with van der Waals surface area (Å²) in [5.74, 6) is 0.125. The minimum atomic E-state index is -0.242. The monoisotopic (exact) mass is 256 g/mol. The van der Waals surface area contributed by atoms with Crippen molar-refractivity contribution < 1.29 is 9.53 Å². The van der Waals surface area contributed by atoms with Crippen LogP contribution in [0, 0.1) is 0 Å². The molecule has 1 unspecified atom stereocenters. The van der Waals surface area contributed by atoms with E-state index in [2.05, 4.69) is 18.7 Å². The SMILES string of the molecule is CCN(CC)C1CCN(C(=O)COC(C)(C)C)C1. The molecule has 0 aromatic rings. The van der Waals surface area contributed by atoms with Gasteiger partial charge in [-0.2, -0.15) is 0 Å². The van der Waals surface area contributed by atoms with E-state index in [1.807, 2.05) is 25.7 Å². The second-order valence-electron chi connectivity index (χ2n) is 5.90. The Morgan fingerprint density at radius 3 is 2.44 bits per heavy atom. The van der Waals surface area contributed by atoms with Crippen LogP contribution in [0.5, 0.6) is 0 Å². The highest BCUT2D eigenvalue weighted by atomic mass is 16.5. The Kier molecular flexibility index (Phi) is 5.60. The molecule has 1 saturated heterocycles. The van der Waals surface area contributed by atoms with Gasteiger partial charge in [0, 0.05) is 19.1 Å². The number of hydrogen-bond donors (Lipinski definition) is 0. The lowest BCUT2D eigenvalue weighted by atomic mass is 10.2. The molecule has 0 saturated carbocycles. The Hall–Kier alpha value is -0.610. The third-order valence-corrected chi connectivity index (χ3v) is 3.47. The molecule has 0 N–H and O–H groups in total. The number of rotatable bonds is 5. The summed E-state index contributed by atoms with van der Waals surface area (Å²) in [7, 11) is 0. The van der Waals surface area contributed by atoms with Crippen LogP contribution in [0.25, 0.3) is 0 Å². The van der Waals surface area contributed by atoms with E-state index in [1.54, 1.807) is 0 Å². The number of amides is 1. The van der Waals surface area contributed by atoms with Crippen LogP contribution in [-0.2, 0) is 9.53 Å². The van der Waals surface area contributed by atoms with Crippen LogP contribution in [0.3, 0.4) is 0 Å². The third kappa shape index (κ3) is 4.58. The van der Waals surface area contributed by atoms with Crippen LogP contribution in [0.2, 0.25) is 0 Å². The standard InChI is InChI=1S/C14H28N2O2/c1-6-15(7-2)12-8-9-16(10-12)13(17)11-18-14(3,4)5/h12H,6-11H2,1-5H3. The average molecular weight is 256 g/mol. The van der Waals surface area contributed by atoms with Gasteiger partial charge in [0.15, 0.2) is 0 Å². The van der Waals surface area contributed by atoms with E-state index in [-0.39, 0.29) is 18.1 Å². The lowest BCUT2D eigenvalue weighted by Gasteiger charge is -2.26. The van der Waals surface area contributed by atoms with E-state index < -0.39 is 0 Å². The Labute approximate surface area is 111 Å². The highest BCUT2D eigenvalue weighted by molar-refractivity contribution is 5.77. The summed E-state index contributed by atoms with van der Waals surface area (Å²) in [6, 6.07) is 0.526. The molecule has 0 radical (unpaired) electrons. The molecule has 1 aliphatic rings. The van der Waals surface area contributed by atoms with Gasteiger partial charge >= 0.3 is 0 Å². The largest absolute Gasteiger partial charge is 0.366 e. The Bertz CT molecular complexity index is 269. The van der Waals surface area contributed by atoms with Crippen molar-refractivity contribution in [3.05, 3.63) is 0 Å². The molecule has 0 aromatic heterocycles. The Morgan fingerprint density at radius 1 is 1.33 bits per heavy atom. The molecule has 0 bridgehead atoms. The molecule has 0 aliphatic carbocycles. The van der Waals surface area contributed by atoms with Gasteiger partial charge < -0.3 is 9.64 Å². The van der Waals surface area contributed by atoms with Gasteiger partial charge in [-0.3, -0.25) is 9.69 Å². The predicted molar refractivity (Wildman–Crippen MR) is 73.6 cm³/mol. The summed E-state index contributed by atoms with van der Waals surface area (Å²) < 4.78 is 5.55. The van der Waals surface area contributed by atoms with Gasteiger partial charge in [0.25, 0.3) is 0 Å². The first kappa shape index (κ1) is 15.4. The van der Waals surface area contributed by atoms with Crippen LogP contribution in [0.4, 0.5) is 0 Å². The maximum absolute atomic E-state index is 12.0. The molecule has 1 aliphatic heterocycles. The first-order chi connectivity index (χ1) is 8.37. The number of carbonyl (C=O) groups excluding carboxylic acids is 1. The van der Waals surface area contributed by atoms with E-state index >= 15 is 0 Å². The van der Waals surface area contributed by atoms with Crippen molar-refractivity contribution in [1.29, 1.82) is 0 Å². The van der Waals surface area contributed by atoms with E-state index in [0.717, 1.165) is 32.6 Å². The second kappa shape index (κ2) is 6.53. The fourth-order valence-corrected chi connectivity index (χ4v) is 2.38. The maximum Gasteiger partial charge on any atom is 0.248 e. The van der Waals surface area contributed by atoms with Gasteiger partial charge in [-0.15, -0.1) is 0 Å². The predicted octanol–water partition coefficient (Wildman–Crippen LogP) is 1.74. The molecule has 106 valence electrons. The summed E-state index contributed by atoms with van der Waals surface area (Å²) in [6.07, 6.45) is 1.09. The number of nitrogens with zero attached hydrogens (tertiary/aromatic N) is 2. The normalized spacial score (nSPS) is 20.8. The van der Waals surface area contributed by atoms with E-state index in [1.165, 1.54) is 0 Å². The van der Waals surface area contributed by atoms with E-state index in [9.17, 15) is 4.79 Å². The number of ether oxygens (including phenoxy) is 1. The van der Waals surface area contributed by atoms with Gasteiger partial charge in [-0.1, -0.05) is 13.8 Å². The zero-order chi connectivity index (χ0) is 13.8. The zero-order valence-corrected chi connectivity index (χ0v) is 12.5. The first-order valence-corrected chi connectivity index (χ1v) is 7.03. The molecule has 18 heavy (non-hydrogen) atoms. The molecule has 1 fully saturated rings. The summed E-state index contributed by atoms with van der Waals surface area (Å²) in [4.78, 5) is 16.4. The molecular weight excluding hydrogens is 228 g/mol. The fraction of sp³-hybridized carbons (Fsp3) is 0.929. The van der Waals surface area contributed by atoms with Crippen molar-refractivity contribution in [3.63, 3.8) is 0 Å². The van der Waals surface area contributed by atoms with Crippen molar-refractivity contribution in [3.8, 4) is 0 Å². The van der Waals surface area contributed by atoms with Gasteiger partial charge in [0.2, 0.25) is 5.91 Å². The number of carbonyl (C=O) groups is 1. The molecule has 4 nitrogen and oxygen atoms in total. The Morgan fingerprint density at radius 2 is 1.94 bits per heavy atom. The van der Waals surface area contributed by atoms with Crippen molar-refractivity contribution in [2.45, 2.75) is 52.7 Å². The quantitative estimate of drug-likeness (QED) is 0.751. The van der Waals surface area contributed by atoms with Crippen molar-refractivity contribution in [2.75, 3.05) is 32.8 Å². The van der Waals surface area contributed by atoms with E-state index in [4.69, 9.17) is 4.74 Å². The number of likely N-dealkylation sites (N-methyl/N-ethyl adjacent to an activating group) is 1. The summed E-state index contributed by atoms with van der Waals surface area (Å²) >= 11 is 0. The Balaban J connectivity index is 2.39. The topological polar surface area (TPSA) is 32.8 Å². The van der Waals surface area contributed by atoms with Crippen LogP contribution < -0.4 is 0 Å². The molecule has 4 heteroatoms. The third-order valence-electron chi connectivity index (χ3n) is 3.47. The first-order valence-electron chi connectivity index (χ1n) is 7.03. The molecule has 1 amide bonds. The lowest BCUT2D eigenvalue weighted by molar-refractivity contribution is -0.140. The summed E-state index contributed by atoms with van der Waals surface area (Å²) in [6.45, 7) is 14.3. The highest BCUT2D eigenvalue weighted by Crippen LogP contribution is 2.16.